The Hall–Kier alpha value is -4.25. The first-order chi connectivity index (χ1) is 18.1. The first kappa shape index (κ1) is 28.3. The molecule has 0 radical (unpaired) electrons. The number of nitrogens with one attached hydrogen (secondary N) is 1. The van der Waals surface area contributed by atoms with E-state index in [0.717, 1.165) is 9.87 Å². The predicted octanol–water partition coefficient (Wildman–Crippen LogP) is 4.03. The summed E-state index contributed by atoms with van der Waals surface area (Å²) in [6.07, 6.45) is 0. The second-order valence-corrected chi connectivity index (χ2v) is 9.91. The lowest BCUT2D eigenvalue weighted by Gasteiger charge is -2.25. The Morgan fingerprint density at radius 3 is 2.05 bits per heavy atom. The maximum absolute atomic E-state index is 13.7. The lowest BCUT2D eigenvalue weighted by atomic mass is 10.1. The van der Waals surface area contributed by atoms with Crippen LogP contribution in [0.5, 0.6) is 17.2 Å². The Morgan fingerprint density at radius 2 is 1.50 bits per heavy atom. The van der Waals surface area contributed by atoms with Crippen LogP contribution in [0.2, 0.25) is 0 Å². The van der Waals surface area contributed by atoms with Crippen molar-refractivity contribution in [2.24, 2.45) is 0 Å². The van der Waals surface area contributed by atoms with Crippen molar-refractivity contribution < 1.29 is 37.0 Å². The van der Waals surface area contributed by atoms with Crippen molar-refractivity contribution >= 4 is 33.3 Å². The van der Waals surface area contributed by atoms with E-state index in [4.69, 9.17) is 18.9 Å². The van der Waals surface area contributed by atoms with Crippen molar-refractivity contribution in [3.05, 3.63) is 71.8 Å². The summed E-state index contributed by atoms with van der Waals surface area (Å²) < 4.78 is 49.1. The average Bonchev–Trinajstić information content (AvgIpc) is 2.92. The summed E-state index contributed by atoms with van der Waals surface area (Å²) in [4.78, 5) is 25.7. The monoisotopic (exact) mass is 542 g/mol. The highest BCUT2D eigenvalue weighted by molar-refractivity contribution is 7.92. The van der Waals surface area contributed by atoms with E-state index in [2.05, 4.69) is 5.32 Å². The minimum absolute atomic E-state index is 0.00695. The van der Waals surface area contributed by atoms with Gasteiger partial charge in [0, 0.05) is 12.1 Å². The Morgan fingerprint density at radius 1 is 0.895 bits per heavy atom. The van der Waals surface area contributed by atoms with E-state index in [-0.39, 0.29) is 33.3 Å². The van der Waals surface area contributed by atoms with Gasteiger partial charge < -0.3 is 24.3 Å². The zero-order valence-corrected chi connectivity index (χ0v) is 22.6. The van der Waals surface area contributed by atoms with Crippen LogP contribution in [0.3, 0.4) is 0 Å². The van der Waals surface area contributed by atoms with Crippen LogP contribution in [-0.2, 0) is 19.6 Å². The third kappa shape index (κ3) is 6.35. The fraction of sp³-hybridized carbons (Fsp3) is 0.259. The lowest BCUT2D eigenvalue weighted by molar-refractivity contribution is -0.114. The van der Waals surface area contributed by atoms with Crippen molar-refractivity contribution in [1.82, 2.24) is 0 Å². The number of rotatable bonds is 11. The Balaban J connectivity index is 2.01. The summed E-state index contributed by atoms with van der Waals surface area (Å²) in [6.45, 7) is 3.54. The van der Waals surface area contributed by atoms with Crippen LogP contribution >= 0.6 is 0 Å². The summed E-state index contributed by atoms with van der Waals surface area (Å²) in [5.74, 6) is -0.361. The SMILES string of the molecule is CCOc1ccc(N(CC(=O)Nc2cc(OC)c(OC)cc2C(=O)OC)S(=O)(=O)c2ccc(C)cc2)cc1. The second kappa shape index (κ2) is 12.3. The number of nitrogens with zero attached hydrogens (tertiary/aromatic N) is 1. The number of amides is 1. The van der Waals surface area contributed by atoms with Crippen molar-refractivity contribution in [2.45, 2.75) is 18.7 Å². The van der Waals surface area contributed by atoms with Crippen molar-refractivity contribution in [3.8, 4) is 17.2 Å². The van der Waals surface area contributed by atoms with Gasteiger partial charge in [0.15, 0.2) is 11.5 Å². The maximum atomic E-state index is 13.7. The maximum Gasteiger partial charge on any atom is 0.340 e. The number of hydrogen-bond donors (Lipinski definition) is 1. The molecule has 0 saturated heterocycles. The van der Waals surface area contributed by atoms with Gasteiger partial charge in [-0.05, 0) is 50.2 Å². The molecule has 0 spiro atoms. The van der Waals surface area contributed by atoms with Crippen molar-refractivity contribution in [1.29, 1.82) is 0 Å². The molecule has 0 unspecified atom stereocenters. The molecule has 0 bridgehead atoms. The highest BCUT2D eigenvalue weighted by Gasteiger charge is 2.28. The van der Waals surface area contributed by atoms with Crippen molar-refractivity contribution in [2.75, 3.05) is 44.1 Å². The number of anilines is 2. The van der Waals surface area contributed by atoms with E-state index in [9.17, 15) is 18.0 Å². The number of hydrogen-bond acceptors (Lipinski definition) is 8. The van der Waals surface area contributed by atoms with Gasteiger partial charge in [-0.1, -0.05) is 17.7 Å². The smallest absolute Gasteiger partial charge is 0.340 e. The predicted molar refractivity (Wildman–Crippen MR) is 143 cm³/mol. The minimum Gasteiger partial charge on any atom is -0.494 e. The molecular formula is C27H30N2O8S. The van der Waals surface area contributed by atoms with Gasteiger partial charge in [-0.15, -0.1) is 0 Å². The van der Waals surface area contributed by atoms with Crippen LogP contribution in [0.4, 0.5) is 11.4 Å². The summed E-state index contributed by atoms with van der Waals surface area (Å²) in [5, 5.41) is 2.61. The van der Waals surface area contributed by atoms with Crippen LogP contribution in [-0.4, -0.2) is 54.8 Å². The molecule has 0 saturated carbocycles. The molecule has 10 nitrogen and oxygen atoms in total. The zero-order valence-electron chi connectivity index (χ0n) is 21.8. The highest BCUT2D eigenvalue weighted by atomic mass is 32.2. The number of aryl methyl sites for hydroxylation is 1. The molecule has 3 aromatic rings. The first-order valence-corrected chi connectivity index (χ1v) is 13.0. The normalized spacial score (nSPS) is 10.9. The number of benzene rings is 3. The van der Waals surface area contributed by atoms with Crippen LogP contribution in [0.15, 0.2) is 65.6 Å². The van der Waals surface area contributed by atoms with Gasteiger partial charge in [-0.3, -0.25) is 9.10 Å². The summed E-state index contributed by atoms with van der Waals surface area (Å²) in [6, 6.07) is 15.4. The van der Waals surface area contributed by atoms with Gasteiger partial charge in [-0.2, -0.15) is 0 Å². The summed E-state index contributed by atoms with van der Waals surface area (Å²) in [5.41, 5.74) is 1.22. The average molecular weight is 543 g/mol. The van der Waals surface area contributed by atoms with Gasteiger partial charge in [0.2, 0.25) is 5.91 Å². The zero-order chi connectivity index (χ0) is 27.9. The molecule has 0 heterocycles. The van der Waals surface area contributed by atoms with E-state index in [1.165, 1.54) is 45.6 Å². The fourth-order valence-corrected chi connectivity index (χ4v) is 5.03. The summed E-state index contributed by atoms with van der Waals surface area (Å²) in [7, 11) is -0.131. The molecule has 38 heavy (non-hydrogen) atoms. The number of ether oxygens (including phenoxy) is 4. The molecule has 0 aromatic heterocycles. The first-order valence-electron chi connectivity index (χ1n) is 11.6. The number of carbonyl (C=O) groups is 2. The lowest BCUT2D eigenvalue weighted by Crippen LogP contribution is -2.38. The third-order valence-electron chi connectivity index (χ3n) is 5.54. The van der Waals surface area contributed by atoms with E-state index < -0.39 is 28.4 Å². The van der Waals surface area contributed by atoms with E-state index in [0.29, 0.717) is 12.4 Å². The van der Waals surface area contributed by atoms with E-state index >= 15 is 0 Å². The van der Waals surface area contributed by atoms with Gasteiger partial charge in [0.1, 0.15) is 12.3 Å². The van der Waals surface area contributed by atoms with Gasteiger partial charge in [-0.25, -0.2) is 13.2 Å². The topological polar surface area (TPSA) is 120 Å². The Labute approximate surface area is 222 Å². The van der Waals surface area contributed by atoms with Gasteiger partial charge >= 0.3 is 5.97 Å². The second-order valence-electron chi connectivity index (χ2n) is 8.04. The van der Waals surface area contributed by atoms with Crippen molar-refractivity contribution in [3.63, 3.8) is 0 Å². The highest BCUT2D eigenvalue weighted by Crippen LogP contribution is 2.34. The van der Waals surface area contributed by atoms with Gasteiger partial charge in [0.05, 0.1) is 49.8 Å². The van der Waals surface area contributed by atoms with E-state index in [1.54, 1.807) is 36.4 Å². The molecule has 0 fully saturated rings. The Kier molecular flexibility index (Phi) is 9.19. The molecule has 0 atom stereocenters. The van der Waals surface area contributed by atoms with E-state index in [1.807, 2.05) is 13.8 Å². The fourth-order valence-electron chi connectivity index (χ4n) is 3.61. The molecule has 0 aliphatic heterocycles. The molecule has 202 valence electrons. The molecule has 0 aliphatic rings. The quantitative estimate of drug-likeness (QED) is 0.361. The third-order valence-corrected chi connectivity index (χ3v) is 7.32. The van der Waals surface area contributed by atoms with Crippen LogP contribution in [0.1, 0.15) is 22.8 Å². The standard InChI is InChI=1S/C27H30N2O8S/c1-6-37-20-11-9-19(10-12-20)29(38(32,33)21-13-7-18(2)8-14-21)17-26(30)28-23-16-25(35-4)24(34-3)15-22(23)27(31)36-5/h7-16H,6,17H2,1-5H3,(H,28,30). The molecule has 1 N–H and O–H groups in total. The van der Waals surface area contributed by atoms with Crippen LogP contribution in [0.25, 0.3) is 0 Å². The van der Waals surface area contributed by atoms with Crippen LogP contribution < -0.4 is 23.8 Å². The van der Waals surface area contributed by atoms with Crippen LogP contribution in [0, 0.1) is 6.92 Å². The Bertz CT molecular complexity index is 1390. The van der Waals surface area contributed by atoms with Gasteiger partial charge in [0.25, 0.3) is 10.0 Å². The molecule has 0 aliphatic carbocycles. The molecule has 11 heteroatoms. The number of methoxy groups -OCH3 is 3. The minimum atomic E-state index is -4.14. The molecular weight excluding hydrogens is 512 g/mol. The number of esters is 1. The molecule has 3 rings (SSSR count). The number of sulfonamides is 1. The molecule has 3 aromatic carbocycles. The number of carbonyl (C=O) groups excluding carboxylic acids is 2. The summed E-state index contributed by atoms with van der Waals surface area (Å²) >= 11 is 0. The largest absolute Gasteiger partial charge is 0.494 e. The molecule has 1 amide bonds.